The molecule has 4 nitrogen and oxygen atoms in total. The van der Waals surface area contributed by atoms with Gasteiger partial charge in [0.05, 0.1) is 13.5 Å². The zero-order valence-electron chi connectivity index (χ0n) is 11.7. The molecule has 1 aromatic heterocycles. The van der Waals surface area contributed by atoms with Crippen LogP contribution in [0.1, 0.15) is 12.0 Å². The number of rotatable bonds is 7. The van der Waals surface area contributed by atoms with Crippen LogP contribution in [0.15, 0.2) is 48.8 Å². The molecule has 0 aliphatic rings. The van der Waals surface area contributed by atoms with E-state index in [4.69, 9.17) is 4.74 Å². The molecular formula is C16H20N2O2. The van der Waals surface area contributed by atoms with Gasteiger partial charge in [-0.2, -0.15) is 0 Å². The fourth-order valence-corrected chi connectivity index (χ4v) is 2.04. The first-order chi connectivity index (χ1) is 9.78. The van der Waals surface area contributed by atoms with Crippen molar-refractivity contribution in [1.82, 2.24) is 9.88 Å². The SMILES string of the molecule is COc1cccc(CC(=O)NCCCn2cccc2)c1. The van der Waals surface area contributed by atoms with E-state index in [1.165, 1.54) is 0 Å². The van der Waals surface area contributed by atoms with Crippen LogP contribution in [0.25, 0.3) is 0 Å². The molecule has 0 bridgehead atoms. The normalized spacial score (nSPS) is 10.2. The lowest BCUT2D eigenvalue weighted by molar-refractivity contribution is -0.120. The van der Waals surface area contributed by atoms with E-state index in [2.05, 4.69) is 9.88 Å². The maximum Gasteiger partial charge on any atom is 0.224 e. The molecule has 0 saturated heterocycles. The molecule has 2 aromatic rings. The van der Waals surface area contributed by atoms with Gasteiger partial charge < -0.3 is 14.6 Å². The van der Waals surface area contributed by atoms with Gasteiger partial charge in [-0.3, -0.25) is 4.79 Å². The number of aromatic nitrogens is 1. The number of hydrogen-bond acceptors (Lipinski definition) is 2. The summed E-state index contributed by atoms with van der Waals surface area (Å²) in [7, 11) is 1.63. The predicted molar refractivity (Wildman–Crippen MR) is 78.8 cm³/mol. The molecule has 2 rings (SSSR count). The van der Waals surface area contributed by atoms with Gasteiger partial charge in [0, 0.05) is 25.5 Å². The number of nitrogens with zero attached hydrogens (tertiary/aromatic N) is 1. The van der Waals surface area contributed by atoms with Crippen molar-refractivity contribution in [2.24, 2.45) is 0 Å². The molecular weight excluding hydrogens is 252 g/mol. The number of carbonyl (C=O) groups excluding carboxylic acids is 1. The summed E-state index contributed by atoms with van der Waals surface area (Å²) in [4.78, 5) is 11.8. The molecule has 0 aliphatic carbocycles. The number of aryl methyl sites for hydroxylation is 1. The van der Waals surface area contributed by atoms with Crippen LogP contribution in [-0.4, -0.2) is 24.1 Å². The molecule has 0 saturated carbocycles. The van der Waals surface area contributed by atoms with Crippen molar-refractivity contribution in [2.75, 3.05) is 13.7 Å². The van der Waals surface area contributed by atoms with Gasteiger partial charge in [0.2, 0.25) is 5.91 Å². The third-order valence-electron chi connectivity index (χ3n) is 3.08. The van der Waals surface area contributed by atoms with Crippen LogP contribution in [0.2, 0.25) is 0 Å². The van der Waals surface area contributed by atoms with Crippen molar-refractivity contribution >= 4 is 5.91 Å². The van der Waals surface area contributed by atoms with Gasteiger partial charge in [0.25, 0.3) is 0 Å². The molecule has 0 aliphatic heterocycles. The van der Waals surface area contributed by atoms with Gasteiger partial charge in [-0.1, -0.05) is 12.1 Å². The van der Waals surface area contributed by atoms with Crippen molar-refractivity contribution in [3.63, 3.8) is 0 Å². The molecule has 1 heterocycles. The molecule has 1 N–H and O–H groups in total. The highest BCUT2D eigenvalue weighted by molar-refractivity contribution is 5.78. The highest BCUT2D eigenvalue weighted by atomic mass is 16.5. The summed E-state index contributed by atoms with van der Waals surface area (Å²) in [6.07, 6.45) is 5.37. The second-order valence-corrected chi connectivity index (χ2v) is 4.65. The van der Waals surface area contributed by atoms with Crippen molar-refractivity contribution in [2.45, 2.75) is 19.4 Å². The highest BCUT2D eigenvalue weighted by Gasteiger charge is 2.03. The van der Waals surface area contributed by atoms with Gasteiger partial charge in [-0.25, -0.2) is 0 Å². The highest BCUT2D eigenvalue weighted by Crippen LogP contribution is 2.12. The third-order valence-corrected chi connectivity index (χ3v) is 3.08. The Kier molecular flexibility index (Phi) is 5.24. The van der Waals surface area contributed by atoms with Crippen LogP contribution in [0.3, 0.4) is 0 Å². The Hall–Kier alpha value is -2.23. The zero-order chi connectivity index (χ0) is 14.2. The quantitative estimate of drug-likeness (QED) is 0.786. The van der Waals surface area contributed by atoms with Gasteiger partial charge >= 0.3 is 0 Å². The number of benzene rings is 1. The second kappa shape index (κ2) is 7.38. The summed E-state index contributed by atoms with van der Waals surface area (Å²) in [5.41, 5.74) is 0.965. The largest absolute Gasteiger partial charge is 0.497 e. The Bertz CT molecular complexity index is 535. The van der Waals surface area contributed by atoms with Crippen LogP contribution in [-0.2, 0) is 17.8 Å². The summed E-state index contributed by atoms with van der Waals surface area (Å²) >= 11 is 0. The monoisotopic (exact) mass is 272 g/mol. The zero-order valence-corrected chi connectivity index (χ0v) is 11.7. The topological polar surface area (TPSA) is 43.3 Å². The smallest absolute Gasteiger partial charge is 0.224 e. The van der Waals surface area contributed by atoms with Crippen LogP contribution in [0, 0.1) is 0 Å². The molecule has 0 radical (unpaired) electrons. The summed E-state index contributed by atoms with van der Waals surface area (Å²) in [5, 5.41) is 2.94. The number of methoxy groups -OCH3 is 1. The summed E-state index contributed by atoms with van der Waals surface area (Å²) in [6, 6.07) is 11.6. The van der Waals surface area contributed by atoms with Gasteiger partial charge in [0.1, 0.15) is 5.75 Å². The molecule has 0 spiro atoms. The van der Waals surface area contributed by atoms with Crippen molar-refractivity contribution in [3.8, 4) is 5.75 Å². The minimum Gasteiger partial charge on any atom is -0.497 e. The average molecular weight is 272 g/mol. The first-order valence-corrected chi connectivity index (χ1v) is 6.78. The fourth-order valence-electron chi connectivity index (χ4n) is 2.04. The van der Waals surface area contributed by atoms with E-state index in [1.807, 2.05) is 48.8 Å². The van der Waals surface area contributed by atoms with Gasteiger partial charge in [0.15, 0.2) is 0 Å². The lowest BCUT2D eigenvalue weighted by Crippen LogP contribution is -2.26. The van der Waals surface area contributed by atoms with Crippen LogP contribution in [0.5, 0.6) is 5.75 Å². The van der Waals surface area contributed by atoms with Crippen molar-refractivity contribution in [3.05, 3.63) is 54.4 Å². The lowest BCUT2D eigenvalue weighted by atomic mass is 10.1. The van der Waals surface area contributed by atoms with E-state index in [1.54, 1.807) is 7.11 Å². The predicted octanol–water partition coefficient (Wildman–Crippen LogP) is 2.25. The number of nitrogens with one attached hydrogen (secondary N) is 1. The number of hydrogen-bond donors (Lipinski definition) is 1. The standard InChI is InChI=1S/C16H20N2O2/c1-20-15-7-4-6-14(12-15)13-16(19)17-8-5-11-18-9-2-3-10-18/h2-4,6-7,9-10,12H,5,8,11,13H2,1H3,(H,17,19). The fraction of sp³-hybridized carbons (Fsp3) is 0.312. The minimum absolute atomic E-state index is 0.0470. The van der Waals surface area contributed by atoms with Crippen LogP contribution in [0.4, 0.5) is 0 Å². The van der Waals surface area contributed by atoms with Gasteiger partial charge in [-0.05, 0) is 36.2 Å². The van der Waals surface area contributed by atoms with E-state index in [-0.39, 0.29) is 5.91 Å². The maximum atomic E-state index is 11.8. The molecule has 0 unspecified atom stereocenters. The molecule has 1 amide bonds. The van der Waals surface area contributed by atoms with E-state index >= 15 is 0 Å². The number of carbonyl (C=O) groups is 1. The Morgan fingerprint density at radius 2 is 2.05 bits per heavy atom. The Morgan fingerprint density at radius 1 is 1.25 bits per heavy atom. The van der Waals surface area contributed by atoms with E-state index in [0.717, 1.165) is 24.3 Å². The number of amides is 1. The molecule has 1 aromatic carbocycles. The first kappa shape index (κ1) is 14.2. The van der Waals surface area contributed by atoms with Crippen LogP contribution < -0.4 is 10.1 Å². The Labute approximate surface area is 119 Å². The third kappa shape index (κ3) is 4.46. The number of ether oxygens (including phenoxy) is 1. The Morgan fingerprint density at radius 3 is 2.80 bits per heavy atom. The molecule has 106 valence electrons. The Balaban J connectivity index is 1.69. The summed E-state index contributed by atoms with van der Waals surface area (Å²) in [5.74, 6) is 0.827. The lowest BCUT2D eigenvalue weighted by Gasteiger charge is -2.07. The molecule has 20 heavy (non-hydrogen) atoms. The van der Waals surface area contributed by atoms with Crippen LogP contribution >= 0.6 is 0 Å². The molecule has 4 heteroatoms. The van der Waals surface area contributed by atoms with E-state index in [9.17, 15) is 4.79 Å². The molecule has 0 fully saturated rings. The van der Waals surface area contributed by atoms with E-state index < -0.39 is 0 Å². The first-order valence-electron chi connectivity index (χ1n) is 6.78. The second-order valence-electron chi connectivity index (χ2n) is 4.65. The summed E-state index contributed by atoms with van der Waals surface area (Å²) < 4.78 is 7.25. The van der Waals surface area contributed by atoms with Gasteiger partial charge in [-0.15, -0.1) is 0 Å². The summed E-state index contributed by atoms with van der Waals surface area (Å²) in [6.45, 7) is 1.62. The maximum absolute atomic E-state index is 11.8. The van der Waals surface area contributed by atoms with Crippen molar-refractivity contribution < 1.29 is 9.53 Å². The van der Waals surface area contributed by atoms with Crippen molar-refractivity contribution in [1.29, 1.82) is 0 Å². The molecule has 0 atom stereocenters. The average Bonchev–Trinajstić information content (AvgIpc) is 2.97. The minimum atomic E-state index is 0.0470. The van der Waals surface area contributed by atoms with E-state index in [0.29, 0.717) is 13.0 Å².